The average molecular weight is 302 g/mol. The first-order valence-electron chi connectivity index (χ1n) is 7.35. The number of unbranched alkanes of at least 4 members (excludes halogenated alkanes) is 6. The van der Waals surface area contributed by atoms with E-state index >= 15 is 0 Å². The van der Waals surface area contributed by atoms with Gasteiger partial charge in [-0.25, -0.2) is 0 Å². The molecular formula is C16H25Cl2N. The summed E-state index contributed by atoms with van der Waals surface area (Å²) in [6.07, 6.45) is 10.2. The highest BCUT2D eigenvalue weighted by atomic mass is 35.5. The van der Waals surface area contributed by atoms with Crippen LogP contribution in [0.25, 0.3) is 0 Å². The number of nitrogens with two attached hydrogens (primary N) is 1. The summed E-state index contributed by atoms with van der Waals surface area (Å²) in [5.41, 5.74) is 7.26. The van der Waals surface area contributed by atoms with Gasteiger partial charge in [0.2, 0.25) is 0 Å². The predicted molar refractivity (Wildman–Crippen MR) is 86.0 cm³/mol. The highest BCUT2D eigenvalue weighted by Crippen LogP contribution is 2.26. The van der Waals surface area contributed by atoms with Crippen molar-refractivity contribution in [3.63, 3.8) is 0 Å². The van der Waals surface area contributed by atoms with E-state index in [4.69, 9.17) is 28.9 Å². The third-order valence-electron chi connectivity index (χ3n) is 3.49. The third-order valence-corrected chi connectivity index (χ3v) is 4.23. The smallest absolute Gasteiger partial charge is 0.0595 e. The minimum absolute atomic E-state index is 0.0745. The highest BCUT2D eigenvalue weighted by Gasteiger charge is 2.07. The molecule has 1 aromatic rings. The molecule has 1 rings (SSSR count). The first-order chi connectivity index (χ1) is 9.15. The van der Waals surface area contributed by atoms with Gasteiger partial charge in [-0.1, -0.05) is 81.1 Å². The SMILES string of the molecule is CCCCCCCCCC(N)c1ccc(Cl)c(Cl)c1. The second-order valence-electron chi connectivity index (χ2n) is 5.19. The van der Waals surface area contributed by atoms with Crippen molar-refractivity contribution in [1.82, 2.24) is 0 Å². The van der Waals surface area contributed by atoms with Crippen LogP contribution in [0.15, 0.2) is 18.2 Å². The molecule has 108 valence electrons. The van der Waals surface area contributed by atoms with Gasteiger partial charge in [-0.2, -0.15) is 0 Å². The Morgan fingerprint density at radius 3 is 2.21 bits per heavy atom. The molecular weight excluding hydrogens is 277 g/mol. The van der Waals surface area contributed by atoms with Crippen LogP contribution >= 0.6 is 23.2 Å². The van der Waals surface area contributed by atoms with E-state index in [0.717, 1.165) is 12.0 Å². The summed E-state index contributed by atoms with van der Waals surface area (Å²) in [5.74, 6) is 0. The standard InChI is InChI=1S/C16H25Cl2N/c1-2-3-4-5-6-7-8-9-16(19)13-10-11-14(17)15(18)12-13/h10-12,16H,2-9,19H2,1H3. The lowest BCUT2D eigenvalue weighted by Crippen LogP contribution is -2.10. The van der Waals surface area contributed by atoms with E-state index in [1.165, 1.54) is 44.9 Å². The molecule has 0 aromatic heterocycles. The van der Waals surface area contributed by atoms with E-state index in [1.807, 2.05) is 18.2 Å². The molecule has 1 nitrogen and oxygen atoms in total. The summed E-state index contributed by atoms with van der Waals surface area (Å²) < 4.78 is 0. The lowest BCUT2D eigenvalue weighted by atomic mass is 10.0. The van der Waals surface area contributed by atoms with Crippen molar-refractivity contribution < 1.29 is 0 Å². The molecule has 1 aromatic carbocycles. The van der Waals surface area contributed by atoms with Crippen molar-refractivity contribution in [3.05, 3.63) is 33.8 Å². The zero-order valence-corrected chi connectivity index (χ0v) is 13.3. The van der Waals surface area contributed by atoms with Gasteiger partial charge in [0.05, 0.1) is 10.0 Å². The molecule has 0 saturated carbocycles. The zero-order chi connectivity index (χ0) is 14.1. The van der Waals surface area contributed by atoms with E-state index in [2.05, 4.69) is 6.92 Å². The maximum absolute atomic E-state index is 6.17. The van der Waals surface area contributed by atoms with Crippen LogP contribution in [0.5, 0.6) is 0 Å². The molecule has 2 N–H and O–H groups in total. The number of halogens is 2. The highest BCUT2D eigenvalue weighted by molar-refractivity contribution is 6.42. The maximum atomic E-state index is 6.17. The van der Waals surface area contributed by atoms with Crippen LogP contribution in [0, 0.1) is 0 Å². The predicted octanol–water partition coefficient (Wildman–Crippen LogP) is 6.13. The van der Waals surface area contributed by atoms with Gasteiger partial charge in [0.25, 0.3) is 0 Å². The summed E-state index contributed by atoms with van der Waals surface area (Å²) in [6, 6.07) is 5.75. The largest absolute Gasteiger partial charge is 0.324 e. The molecule has 0 spiro atoms. The van der Waals surface area contributed by atoms with Gasteiger partial charge in [-0.05, 0) is 24.1 Å². The number of benzene rings is 1. The van der Waals surface area contributed by atoms with Crippen molar-refractivity contribution in [2.75, 3.05) is 0 Å². The van der Waals surface area contributed by atoms with Crippen LogP contribution in [0.4, 0.5) is 0 Å². The van der Waals surface area contributed by atoms with Gasteiger partial charge in [0, 0.05) is 6.04 Å². The average Bonchev–Trinajstić information content (AvgIpc) is 2.40. The van der Waals surface area contributed by atoms with E-state index < -0.39 is 0 Å². The van der Waals surface area contributed by atoms with Crippen LogP contribution in [-0.2, 0) is 0 Å². The van der Waals surface area contributed by atoms with Gasteiger partial charge in [-0.3, -0.25) is 0 Å². The van der Waals surface area contributed by atoms with Gasteiger partial charge in [0.15, 0.2) is 0 Å². The molecule has 0 aliphatic heterocycles. The summed E-state index contributed by atoms with van der Waals surface area (Å²) in [4.78, 5) is 0. The second kappa shape index (κ2) is 9.63. The molecule has 0 heterocycles. The monoisotopic (exact) mass is 301 g/mol. The van der Waals surface area contributed by atoms with Gasteiger partial charge in [-0.15, -0.1) is 0 Å². The van der Waals surface area contributed by atoms with E-state index in [9.17, 15) is 0 Å². The van der Waals surface area contributed by atoms with E-state index in [1.54, 1.807) is 0 Å². The second-order valence-corrected chi connectivity index (χ2v) is 6.00. The Hall–Kier alpha value is -0.240. The fraction of sp³-hybridized carbons (Fsp3) is 0.625. The Bertz CT molecular complexity index is 366. The molecule has 3 heteroatoms. The van der Waals surface area contributed by atoms with Crippen molar-refractivity contribution in [2.24, 2.45) is 5.73 Å². The Balaban J connectivity index is 2.20. The minimum Gasteiger partial charge on any atom is -0.324 e. The van der Waals surface area contributed by atoms with Crippen LogP contribution in [0.1, 0.15) is 69.9 Å². The molecule has 0 saturated heterocycles. The molecule has 0 amide bonds. The number of rotatable bonds is 9. The van der Waals surface area contributed by atoms with Crippen LogP contribution in [0.3, 0.4) is 0 Å². The first-order valence-corrected chi connectivity index (χ1v) is 8.11. The molecule has 0 bridgehead atoms. The van der Waals surface area contributed by atoms with Gasteiger partial charge in [0.1, 0.15) is 0 Å². The molecule has 1 unspecified atom stereocenters. The normalized spacial score (nSPS) is 12.6. The van der Waals surface area contributed by atoms with Crippen LogP contribution in [0.2, 0.25) is 10.0 Å². The van der Waals surface area contributed by atoms with Crippen molar-refractivity contribution >= 4 is 23.2 Å². The molecule has 1 atom stereocenters. The topological polar surface area (TPSA) is 26.0 Å². The van der Waals surface area contributed by atoms with Gasteiger partial charge < -0.3 is 5.73 Å². The molecule has 0 aliphatic carbocycles. The molecule has 19 heavy (non-hydrogen) atoms. The lowest BCUT2D eigenvalue weighted by molar-refractivity contribution is 0.541. The van der Waals surface area contributed by atoms with Crippen molar-refractivity contribution in [3.8, 4) is 0 Å². The zero-order valence-electron chi connectivity index (χ0n) is 11.8. The fourth-order valence-corrected chi connectivity index (χ4v) is 2.54. The first kappa shape index (κ1) is 16.8. The Morgan fingerprint density at radius 2 is 1.58 bits per heavy atom. The summed E-state index contributed by atoms with van der Waals surface area (Å²) in [5, 5.41) is 1.18. The van der Waals surface area contributed by atoms with Crippen LogP contribution in [-0.4, -0.2) is 0 Å². The molecule has 0 radical (unpaired) electrons. The van der Waals surface area contributed by atoms with Crippen molar-refractivity contribution in [2.45, 2.75) is 64.3 Å². The molecule has 0 fully saturated rings. The van der Waals surface area contributed by atoms with Crippen LogP contribution < -0.4 is 5.73 Å². The Morgan fingerprint density at radius 1 is 0.947 bits per heavy atom. The summed E-state index contributed by atoms with van der Waals surface area (Å²) in [6.45, 7) is 2.25. The Labute approximate surface area is 127 Å². The van der Waals surface area contributed by atoms with E-state index in [-0.39, 0.29) is 6.04 Å². The van der Waals surface area contributed by atoms with Crippen molar-refractivity contribution in [1.29, 1.82) is 0 Å². The van der Waals surface area contributed by atoms with Gasteiger partial charge >= 0.3 is 0 Å². The number of hydrogen-bond acceptors (Lipinski definition) is 1. The fourth-order valence-electron chi connectivity index (χ4n) is 2.23. The third kappa shape index (κ3) is 6.65. The lowest BCUT2D eigenvalue weighted by Gasteiger charge is -2.12. The Kier molecular flexibility index (Phi) is 8.52. The quantitative estimate of drug-likeness (QED) is 0.545. The maximum Gasteiger partial charge on any atom is 0.0595 e. The molecule has 0 aliphatic rings. The summed E-state index contributed by atoms with van der Waals surface area (Å²) in [7, 11) is 0. The van der Waals surface area contributed by atoms with E-state index in [0.29, 0.717) is 10.0 Å². The number of hydrogen-bond donors (Lipinski definition) is 1. The minimum atomic E-state index is 0.0745. The summed E-state index contributed by atoms with van der Waals surface area (Å²) >= 11 is 11.9.